The van der Waals surface area contributed by atoms with E-state index in [9.17, 15) is 9.59 Å². The van der Waals surface area contributed by atoms with Crippen LogP contribution in [0.4, 0.5) is 9.59 Å². The molecule has 0 aliphatic heterocycles. The second-order valence-corrected chi connectivity index (χ2v) is 5.41. The number of hydrogen-bond acceptors (Lipinski definition) is 7. The summed E-state index contributed by atoms with van der Waals surface area (Å²) >= 11 is 0. The molecule has 1 fully saturated rings. The molecule has 0 bridgehead atoms. The van der Waals surface area contributed by atoms with Crippen molar-refractivity contribution >= 4 is 12.3 Å². The molecule has 1 aliphatic carbocycles. The molecule has 0 aromatic carbocycles. The number of hydrogen-bond donors (Lipinski definition) is 1. The number of carbonyl (C=O) groups is 2. The van der Waals surface area contributed by atoms with E-state index in [4.69, 9.17) is 19.3 Å². The van der Waals surface area contributed by atoms with Crippen LogP contribution >= 0.6 is 0 Å². The van der Waals surface area contributed by atoms with E-state index in [-0.39, 0.29) is 31.3 Å². The Morgan fingerprint density at radius 3 is 1.90 bits per heavy atom. The van der Waals surface area contributed by atoms with Crippen molar-refractivity contribution in [2.24, 2.45) is 5.92 Å². The van der Waals surface area contributed by atoms with Crippen LogP contribution < -0.4 is 0 Å². The van der Waals surface area contributed by atoms with Crippen LogP contribution in [0.1, 0.15) is 39.5 Å². The quantitative estimate of drug-likeness (QED) is 0.752. The highest BCUT2D eigenvalue weighted by molar-refractivity contribution is 5.60. The maximum atomic E-state index is 11.4. The molecule has 0 amide bonds. The second kappa shape index (κ2) is 9.44. The van der Waals surface area contributed by atoms with Crippen molar-refractivity contribution in [2.75, 3.05) is 19.8 Å². The lowest BCUT2D eigenvalue weighted by molar-refractivity contribution is -0.0302. The van der Waals surface area contributed by atoms with Gasteiger partial charge in [0.15, 0.2) is 0 Å². The van der Waals surface area contributed by atoms with Gasteiger partial charge in [0.05, 0.1) is 13.2 Å². The van der Waals surface area contributed by atoms with Gasteiger partial charge in [0, 0.05) is 0 Å². The largest absolute Gasteiger partial charge is 0.508 e. The number of rotatable bonds is 6. The average molecular weight is 304 g/mol. The highest BCUT2D eigenvalue weighted by Crippen LogP contribution is 2.24. The molecule has 0 unspecified atom stereocenters. The number of aliphatic hydroxyl groups excluding tert-OH is 1. The van der Waals surface area contributed by atoms with E-state index >= 15 is 0 Å². The molecule has 0 heterocycles. The van der Waals surface area contributed by atoms with Gasteiger partial charge in [-0.1, -0.05) is 13.8 Å². The SMILES string of the molecule is CC(C)COC(=O)OC1CCC(OC(=O)OCCO)CC1. The van der Waals surface area contributed by atoms with Crippen molar-refractivity contribution in [1.82, 2.24) is 0 Å². The van der Waals surface area contributed by atoms with Crippen molar-refractivity contribution in [1.29, 1.82) is 0 Å². The van der Waals surface area contributed by atoms with Crippen LogP contribution in [-0.4, -0.2) is 49.4 Å². The van der Waals surface area contributed by atoms with Crippen molar-refractivity contribution in [3.63, 3.8) is 0 Å². The van der Waals surface area contributed by atoms with Crippen LogP contribution in [0.15, 0.2) is 0 Å². The molecule has 122 valence electrons. The highest BCUT2D eigenvalue weighted by Gasteiger charge is 2.27. The van der Waals surface area contributed by atoms with Crippen LogP contribution in [0.5, 0.6) is 0 Å². The standard InChI is InChI=1S/C14H24O7/c1-10(2)9-19-14(17)21-12-5-3-11(4-6-12)20-13(16)18-8-7-15/h10-12,15H,3-9H2,1-2H3. The van der Waals surface area contributed by atoms with E-state index < -0.39 is 12.3 Å². The molecule has 1 rings (SSSR count). The highest BCUT2D eigenvalue weighted by atomic mass is 16.7. The normalized spacial score (nSPS) is 21.7. The lowest BCUT2D eigenvalue weighted by Crippen LogP contribution is -2.30. The fourth-order valence-electron chi connectivity index (χ4n) is 1.97. The Morgan fingerprint density at radius 1 is 1.00 bits per heavy atom. The van der Waals surface area contributed by atoms with Crippen LogP contribution in [0, 0.1) is 5.92 Å². The molecule has 0 spiro atoms. The molecule has 7 heteroatoms. The summed E-state index contributed by atoms with van der Waals surface area (Å²) in [5, 5.41) is 8.52. The third kappa shape index (κ3) is 7.75. The predicted octanol–water partition coefficient (Wildman–Crippen LogP) is 2.25. The van der Waals surface area contributed by atoms with E-state index in [0.717, 1.165) is 0 Å². The van der Waals surface area contributed by atoms with Crippen molar-refractivity contribution in [2.45, 2.75) is 51.7 Å². The lowest BCUT2D eigenvalue weighted by Gasteiger charge is -2.27. The van der Waals surface area contributed by atoms with Gasteiger partial charge in [-0.15, -0.1) is 0 Å². The molecule has 1 aliphatic rings. The van der Waals surface area contributed by atoms with E-state index in [0.29, 0.717) is 32.3 Å². The molecule has 7 nitrogen and oxygen atoms in total. The summed E-state index contributed by atoms with van der Waals surface area (Å²) in [6.45, 7) is 3.94. The van der Waals surface area contributed by atoms with Crippen LogP contribution in [0.3, 0.4) is 0 Å². The molecule has 0 atom stereocenters. The maximum Gasteiger partial charge on any atom is 0.508 e. The van der Waals surface area contributed by atoms with Gasteiger partial charge in [0.25, 0.3) is 0 Å². The molecular weight excluding hydrogens is 280 g/mol. The maximum absolute atomic E-state index is 11.4. The Bertz CT molecular complexity index is 321. The number of carbonyl (C=O) groups excluding carboxylic acids is 2. The van der Waals surface area contributed by atoms with E-state index in [2.05, 4.69) is 4.74 Å². The van der Waals surface area contributed by atoms with Gasteiger partial charge in [-0.2, -0.15) is 0 Å². The molecule has 0 aromatic heterocycles. The lowest BCUT2D eigenvalue weighted by atomic mass is 9.95. The van der Waals surface area contributed by atoms with E-state index in [1.165, 1.54) is 0 Å². The Labute approximate surface area is 124 Å². The zero-order chi connectivity index (χ0) is 15.7. The summed E-state index contributed by atoms with van der Waals surface area (Å²) in [5.41, 5.74) is 0. The second-order valence-electron chi connectivity index (χ2n) is 5.41. The minimum absolute atomic E-state index is 0.0705. The molecular formula is C14H24O7. The van der Waals surface area contributed by atoms with Gasteiger partial charge in [0.2, 0.25) is 0 Å². The topological polar surface area (TPSA) is 91.3 Å². The summed E-state index contributed by atoms with van der Waals surface area (Å²) in [7, 11) is 0. The van der Waals surface area contributed by atoms with E-state index in [1.807, 2.05) is 13.8 Å². The molecule has 21 heavy (non-hydrogen) atoms. The Morgan fingerprint density at radius 2 is 1.48 bits per heavy atom. The summed E-state index contributed by atoms with van der Waals surface area (Å²) in [6, 6.07) is 0. The number of aliphatic hydroxyl groups is 1. The van der Waals surface area contributed by atoms with Gasteiger partial charge in [-0.25, -0.2) is 9.59 Å². The fraction of sp³-hybridized carbons (Fsp3) is 0.857. The first kappa shape index (κ1) is 17.6. The minimum atomic E-state index is -0.773. The molecule has 1 saturated carbocycles. The molecule has 0 saturated heterocycles. The predicted molar refractivity (Wildman–Crippen MR) is 72.8 cm³/mol. The minimum Gasteiger partial charge on any atom is -0.434 e. The first-order valence-corrected chi connectivity index (χ1v) is 7.29. The summed E-state index contributed by atoms with van der Waals surface area (Å²) < 4.78 is 19.9. The van der Waals surface area contributed by atoms with Crippen LogP contribution in [-0.2, 0) is 18.9 Å². The summed E-state index contributed by atoms with van der Waals surface area (Å²) in [5.74, 6) is 0.270. The molecule has 0 radical (unpaired) electrons. The number of ether oxygens (including phenoxy) is 4. The van der Waals surface area contributed by atoms with E-state index in [1.54, 1.807) is 0 Å². The monoisotopic (exact) mass is 304 g/mol. The van der Waals surface area contributed by atoms with Gasteiger partial charge < -0.3 is 24.1 Å². The summed E-state index contributed by atoms with van der Waals surface area (Å²) in [4.78, 5) is 22.6. The van der Waals surface area contributed by atoms with Gasteiger partial charge in [0.1, 0.15) is 18.8 Å². The first-order valence-electron chi connectivity index (χ1n) is 7.29. The van der Waals surface area contributed by atoms with Crippen LogP contribution in [0.25, 0.3) is 0 Å². The van der Waals surface area contributed by atoms with Crippen LogP contribution in [0.2, 0.25) is 0 Å². The smallest absolute Gasteiger partial charge is 0.434 e. The van der Waals surface area contributed by atoms with Crippen molar-refractivity contribution < 1.29 is 33.6 Å². The molecule has 0 aromatic rings. The summed E-state index contributed by atoms with van der Waals surface area (Å²) in [6.07, 6.45) is 0.608. The third-order valence-corrected chi connectivity index (χ3v) is 2.99. The molecule has 1 N–H and O–H groups in total. The zero-order valence-electron chi connectivity index (χ0n) is 12.6. The Balaban J connectivity index is 2.17. The van der Waals surface area contributed by atoms with Gasteiger partial charge in [-0.05, 0) is 31.6 Å². The van der Waals surface area contributed by atoms with Gasteiger partial charge >= 0.3 is 12.3 Å². The van der Waals surface area contributed by atoms with Crippen molar-refractivity contribution in [3.8, 4) is 0 Å². The fourth-order valence-corrected chi connectivity index (χ4v) is 1.97. The Kier molecular flexibility index (Phi) is 7.89. The van der Waals surface area contributed by atoms with Gasteiger partial charge in [-0.3, -0.25) is 0 Å². The Hall–Kier alpha value is -1.50. The van der Waals surface area contributed by atoms with Crippen molar-refractivity contribution in [3.05, 3.63) is 0 Å². The zero-order valence-corrected chi connectivity index (χ0v) is 12.6. The average Bonchev–Trinajstić information content (AvgIpc) is 2.45. The first-order chi connectivity index (χ1) is 10.0. The third-order valence-electron chi connectivity index (χ3n) is 2.99.